The first-order chi connectivity index (χ1) is 11.6. The number of ether oxygens (including phenoxy) is 2. The van der Waals surface area contributed by atoms with E-state index in [4.69, 9.17) is 9.47 Å². The second-order valence-corrected chi connectivity index (χ2v) is 5.75. The number of methoxy groups -OCH3 is 2. The summed E-state index contributed by atoms with van der Waals surface area (Å²) in [5.41, 5.74) is 0.895. The quantitative estimate of drug-likeness (QED) is 0.714. The highest BCUT2D eigenvalue weighted by atomic mass is 16.5. The van der Waals surface area contributed by atoms with Crippen LogP contribution >= 0.6 is 0 Å². The van der Waals surface area contributed by atoms with E-state index in [0.717, 1.165) is 18.4 Å². The molecule has 0 unspecified atom stereocenters. The molecule has 2 rings (SSSR count). The van der Waals surface area contributed by atoms with Crippen LogP contribution in [0.25, 0.3) is 0 Å². The lowest BCUT2D eigenvalue weighted by atomic mass is 9.97. The summed E-state index contributed by atoms with van der Waals surface area (Å²) >= 11 is 0. The lowest BCUT2D eigenvalue weighted by molar-refractivity contribution is -0.138. The number of Topliss-reactive ketones (excluding diaryl/α,β-unsaturated/α-hetero) is 1. The van der Waals surface area contributed by atoms with E-state index in [1.165, 1.54) is 0 Å². The third kappa shape index (κ3) is 4.05. The smallest absolute Gasteiger partial charge is 0.247 e. The van der Waals surface area contributed by atoms with Gasteiger partial charge in [-0.05, 0) is 37.0 Å². The van der Waals surface area contributed by atoms with Gasteiger partial charge in [-0.2, -0.15) is 5.26 Å². The van der Waals surface area contributed by atoms with Crippen LogP contribution in [0.15, 0.2) is 18.2 Å². The second-order valence-electron chi connectivity index (χ2n) is 5.75. The molecule has 0 saturated carbocycles. The van der Waals surface area contributed by atoms with Crippen LogP contribution in [0.1, 0.15) is 24.8 Å². The van der Waals surface area contributed by atoms with Crippen molar-refractivity contribution in [3.8, 4) is 17.6 Å². The maximum Gasteiger partial charge on any atom is 0.247 e. The van der Waals surface area contributed by atoms with Gasteiger partial charge >= 0.3 is 0 Å². The van der Waals surface area contributed by atoms with Gasteiger partial charge in [0.1, 0.15) is 0 Å². The number of benzene rings is 1. The van der Waals surface area contributed by atoms with E-state index in [1.807, 2.05) is 12.1 Å². The average molecular weight is 330 g/mol. The maximum absolute atomic E-state index is 12.3. The maximum atomic E-state index is 12.3. The van der Waals surface area contributed by atoms with Gasteiger partial charge in [0.15, 0.2) is 23.2 Å². The fraction of sp³-hybridized carbons (Fsp3) is 0.500. The highest BCUT2D eigenvalue weighted by Crippen LogP contribution is 2.28. The molecule has 0 spiro atoms. The molecule has 128 valence electrons. The molecule has 1 fully saturated rings. The molecule has 6 nitrogen and oxygen atoms in total. The highest BCUT2D eigenvalue weighted by molar-refractivity contribution is 6.04. The molecule has 24 heavy (non-hydrogen) atoms. The zero-order valence-electron chi connectivity index (χ0n) is 14.1. The van der Waals surface area contributed by atoms with Crippen molar-refractivity contribution >= 4 is 11.7 Å². The van der Waals surface area contributed by atoms with Crippen molar-refractivity contribution in [2.45, 2.75) is 25.7 Å². The van der Waals surface area contributed by atoms with Gasteiger partial charge in [-0.15, -0.1) is 0 Å². The largest absolute Gasteiger partial charge is 0.493 e. The second kappa shape index (κ2) is 8.34. The van der Waals surface area contributed by atoms with Crippen LogP contribution in [0, 0.1) is 17.2 Å². The Bertz CT molecular complexity index is 645. The van der Waals surface area contributed by atoms with E-state index in [2.05, 4.69) is 0 Å². The monoisotopic (exact) mass is 330 g/mol. The zero-order chi connectivity index (χ0) is 17.5. The number of rotatable bonds is 7. The molecule has 1 aliphatic heterocycles. The predicted molar refractivity (Wildman–Crippen MR) is 87.8 cm³/mol. The molecule has 0 N–H and O–H groups in total. The number of hydrogen-bond donors (Lipinski definition) is 0. The van der Waals surface area contributed by atoms with Crippen molar-refractivity contribution in [3.05, 3.63) is 23.8 Å². The number of nitrogens with zero attached hydrogens (tertiary/aromatic N) is 2. The Balaban J connectivity index is 1.98. The number of hydrogen-bond acceptors (Lipinski definition) is 5. The summed E-state index contributed by atoms with van der Waals surface area (Å²) in [5, 5.41) is 9.22. The minimum atomic E-state index is -1.19. The minimum Gasteiger partial charge on any atom is -0.493 e. The van der Waals surface area contributed by atoms with E-state index in [9.17, 15) is 14.9 Å². The highest BCUT2D eigenvalue weighted by Gasteiger charge is 2.31. The molecule has 1 saturated heterocycles. The molecule has 0 radical (unpaired) electrons. The Labute approximate surface area is 142 Å². The van der Waals surface area contributed by atoms with Crippen molar-refractivity contribution in [2.24, 2.45) is 5.92 Å². The Morgan fingerprint density at radius 2 is 1.88 bits per heavy atom. The standard InChI is InChI=1S/C18H22N2O4/c1-23-16-8-6-13(11-17(16)24-2)5-7-15(21)14(12-19)18(22)20-9-3-4-10-20/h6,8,11,14H,3-5,7,9-10H2,1-2H3/t14-/m1/s1. The summed E-state index contributed by atoms with van der Waals surface area (Å²) in [7, 11) is 3.11. The van der Waals surface area contributed by atoms with Crippen molar-refractivity contribution in [3.63, 3.8) is 0 Å². The van der Waals surface area contributed by atoms with E-state index < -0.39 is 5.92 Å². The van der Waals surface area contributed by atoms with Crippen LogP contribution in [0.4, 0.5) is 0 Å². The number of ketones is 1. The summed E-state index contributed by atoms with van der Waals surface area (Å²) in [4.78, 5) is 26.2. The number of carbonyl (C=O) groups is 2. The number of aryl methyl sites for hydroxylation is 1. The molecule has 0 aliphatic carbocycles. The van der Waals surface area contributed by atoms with E-state index in [1.54, 1.807) is 31.3 Å². The Hall–Kier alpha value is -2.55. The van der Waals surface area contributed by atoms with E-state index >= 15 is 0 Å². The van der Waals surface area contributed by atoms with E-state index in [0.29, 0.717) is 31.0 Å². The number of nitriles is 1. The molecule has 6 heteroatoms. The Morgan fingerprint density at radius 1 is 1.21 bits per heavy atom. The first-order valence-corrected chi connectivity index (χ1v) is 8.02. The topological polar surface area (TPSA) is 79.6 Å². The summed E-state index contributed by atoms with van der Waals surface area (Å²) in [6.07, 6.45) is 2.46. The number of likely N-dealkylation sites (tertiary alicyclic amines) is 1. The Kier molecular flexibility index (Phi) is 6.19. The third-order valence-corrected chi connectivity index (χ3v) is 4.22. The fourth-order valence-corrected chi connectivity index (χ4v) is 2.83. The molecular formula is C18H22N2O4. The molecule has 1 aromatic rings. The summed E-state index contributed by atoms with van der Waals surface area (Å²) in [6.45, 7) is 1.28. The summed E-state index contributed by atoms with van der Waals surface area (Å²) < 4.78 is 10.4. The van der Waals surface area contributed by atoms with Gasteiger partial charge in [0.05, 0.1) is 20.3 Å². The lowest BCUT2D eigenvalue weighted by Crippen LogP contribution is -2.37. The molecule has 1 atom stereocenters. The predicted octanol–water partition coefficient (Wildman–Crippen LogP) is 1.97. The number of carbonyl (C=O) groups excluding carboxylic acids is 2. The molecule has 0 bridgehead atoms. The number of amides is 1. The van der Waals surface area contributed by atoms with Gasteiger partial charge in [0.25, 0.3) is 0 Å². The minimum absolute atomic E-state index is 0.146. The van der Waals surface area contributed by atoms with Gasteiger partial charge in [0, 0.05) is 19.5 Å². The molecule has 1 amide bonds. The molecular weight excluding hydrogens is 308 g/mol. The van der Waals surface area contributed by atoms with Crippen molar-refractivity contribution in [2.75, 3.05) is 27.3 Å². The van der Waals surface area contributed by atoms with Crippen molar-refractivity contribution in [1.82, 2.24) is 4.90 Å². The van der Waals surface area contributed by atoms with Crippen LogP contribution in [-0.4, -0.2) is 43.9 Å². The summed E-state index contributed by atoms with van der Waals surface area (Å²) in [5.74, 6) is -0.668. The average Bonchev–Trinajstić information content (AvgIpc) is 3.14. The van der Waals surface area contributed by atoms with Gasteiger partial charge in [-0.3, -0.25) is 9.59 Å². The Morgan fingerprint density at radius 3 is 2.46 bits per heavy atom. The molecule has 1 aromatic carbocycles. The third-order valence-electron chi connectivity index (χ3n) is 4.22. The van der Waals surface area contributed by atoms with Gasteiger partial charge in [0.2, 0.25) is 5.91 Å². The summed E-state index contributed by atoms with van der Waals surface area (Å²) in [6, 6.07) is 7.29. The first-order valence-electron chi connectivity index (χ1n) is 8.02. The van der Waals surface area contributed by atoms with Crippen LogP contribution < -0.4 is 9.47 Å². The van der Waals surface area contributed by atoms with Crippen molar-refractivity contribution in [1.29, 1.82) is 5.26 Å². The first kappa shape index (κ1) is 17.8. The van der Waals surface area contributed by atoms with Crippen LogP contribution in [0.5, 0.6) is 11.5 Å². The van der Waals surface area contributed by atoms with Gasteiger partial charge in [-0.25, -0.2) is 0 Å². The van der Waals surface area contributed by atoms with E-state index in [-0.39, 0.29) is 18.1 Å². The lowest BCUT2D eigenvalue weighted by Gasteiger charge is -2.18. The van der Waals surface area contributed by atoms with Crippen LogP contribution in [-0.2, 0) is 16.0 Å². The fourth-order valence-electron chi connectivity index (χ4n) is 2.83. The molecule has 1 aliphatic rings. The normalized spacial score (nSPS) is 14.8. The zero-order valence-corrected chi connectivity index (χ0v) is 14.1. The SMILES string of the molecule is COc1ccc(CCC(=O)[C@@H](C#N)C(=O)N2CCCC2)cc1OC. The van der Waals surface area contributed by atoms with Gasteiger partial charge in [-0.1, -0.05) is 6.07 Å². The van der Waals surface area contributed by atoms with Gasteiger partial charge < -0.3 is 14.4 Å². The molecule has 1 heterocycles. The van der Waals surface area contributed by atoms with Crippen LogP contribution in [0.3, 0.4) is 0 Å². The molecule has 0 aromatic heterocycles. The van der Waals surface area contributed by atoms with Crippen LogP contribution in [0.2, 0.25) is 0 Å². The van der Waals surface area contributed by atoms with Crippen molar-refractivity contribution < 1.29 is 19.1 Å².